The number of anilines is 1. The second-order valence-corrected chi connectivity index (χ2v) is 5.90. The van der Waals surface area contributed by atoms with Crippen LogP contribution in [0.5, 0.6) is 5.75 Å². The molecule has 2 aromatic rings. The van der Waals surface area contributed by atoms with Gasteiger partial charge < -0.3 is 10.1 Å². The number of carbonyl (C=O) groups excluding carboxylic acids is 1. The standard InChI is InChI=1S/C14H15ClN2O2S/c1-8-9(2)20-14(17-8)16-7-12(18)10-4-5-13(19-3)11(15)6-10/h4-6H,7H2,1-3H3,(H,16,17). The first-order valence-corrected chi connectivity index (χ1v) is 7.25. The third kappa shape index (κ3) is 3.29. The first-order valence-electron chi connectivity index (χ1n) is 6.06. The van der Waals surface area contributed by atoms with Crippen molar-refractivity contribution in [3.8, 4) is 5.75 Å². The van der Waals surface area contributed by atoms with Crippen LogP contribution in [0.2, 0.25) is 5.02 Å². The molecule has 0 atom stereocenters. The van der Waals surface area contributed by atoms with Crippen LogP contribution in [-0.4, -0.2) is 24.4 Å². The monoisotopic (exact) mass is 310 g/mol. The van der Waals surface area contributed by atoms with Crippen molar-refractivity contribution < 1.29 is 9.53 Å². The summed E-state index contributed by atoms with van der Waals surface area (Å²) >= 11 is 7.55. The van der Waals surface area contributed by atoms with E-state index in [9.17, 15) is 4.79 Å². The van der Waals surface area contributed by atoms with Crippen LogP contribution in [-0.2, 0) is 0 Å². The van der Waals surface area contributed by atoms with Crippen LogP contribution >= 0.6 is 22.9 Å². The van der Waals surface area contributed by atoms with Crippen LogP contribution in [0.25, 0.3) is 0 Å². The summed E-state index contributed by atoms with van der Waals surface area (Å²) in [6, 6.07) is 5.00. The first kappa shape index (κ1) is 14.8. The fraction of sp³-hybridized carbons (Fsp3) is 0.286. The Morgan fingerprint density at radius 1 is 1.45 bits per heavy atom. The Morgan fingerprint density at radius 2 is 2.20 bits per heavy atom. The molecule has 0 aliphatic heterocycles. The van der Waals surface area contributed by atoms with E-state index in [0.717, 1.165) is 15.7 Å². The van der Waals surface area contributed by atoms with E-state index in [-0.39, 0.29) is 12.3 Å². The number of methoxy groups -OCH3 is 1. The number of ketones is 1. The second-order valence-electron chi connectivity index (χ2n) is 4.29. The van der Waals surface area contributed by atoms with Gasteiger partial charge in [-0.3, -0.25) is 4.79 Å². The lowest BCUT2D eigenvalue weighted by molar-refractivity contribution is 0.101. The van der Waals surface area contributed by atoms with E-state index in [4.69, 9.17) is 16.3 Å². The highest BCUT2D eigenvalue weighted by Crippen LogP contribution is 2.25. The smallest absolute Gasteiger partial charge is 0.183 e. The Balaban J connectivity index is 2.03. The molecule has 0 spiro atoms. The summed E-state index contributed by atoms with van der Waals surface area (Å²) in [5, 5.41) is 4.22. The molecule has 0 aliphatic carbocycles. The highest BCUT2D eigenvalue weighted by Gasteiger charge is 2.10. The number of thiazole rings is 1. The second kappa shape index (κ2) is 6.24. The SMILES string of the molecule is COc1ccc(C(=O)CNc2nc(C)c(C)s2)cc1Cl. The van der Waals surface area contributed by atoms with E-state index in [2.05, 4.69) is 10.3 Å². The average Bonchev–Trinajstić information content (AvgIpc) is 2.75. The molecule has 0 fully saturated rings. The zero-order valence-corrected chi connectivity index (χ0v) is 13.1. The lowest BCUT2D eigenvalue weighted by atomic mass is 10.1. The molecule has 0 radical (unpaired) electrons. The number of carbonyl (C=O) groups is 1. The van der Waals surface area contributed by atoms with Crippen LogP contribution in [0, 0.1) is 13.8 Å². The van der Waals surface area contributed by atoms with Gasteiger partial charge in [0.25, 0.3) is 0 Å². The summed E-state index contributed by atoms with van der Waals surface area (Å²) < 4.78 is 5.06. The molecule has 20 heavy (non-hydrogen) atoms. The molecule has 0 amide bonds. The van der Waals surface area contributed by atoms with Gasteiger partial charge >= 0.3 is 0 Å². The van der Waals surface area contributed by atoms with Crippen LogP contribution in [0.4, 0.5) is 5.13 Å². The Morgan fingerprint density at radius 3 is 2.75 bits per heavy atom. The van der Waals surface area contributed by atoms with Gasteiger partial charge in [-0.05, 0) is 32.0 Å². The number of nitrogens with zero attached hydrogens (tertiary/aromatic N) is 1. The van der Waals surface area contributed by atoms with Crippen molar-refractivity contribution in [2.75, 3.05) is 19.0 Å². The fourth-order valence-electron chi connectivity index (χ4n) is 1.65. The fourth-order valence-corrected chi connectivity index (χ4v) is 2.71. The van der Waals surface area contributed by atoms with Gasteiger partial charge in [0.05, 0.1) is 24.4 Å². The maximum absolute atomic E-state index is 12.1. The minimum Gasteiger partial charge on any atom is -0.495 e. The molecule has 0 saturated carbocycles. The highest BCUT2D eigenvalue weighted by atomic mass is 35.5. The quantitative estimate of drug-likeness (QED) is 0.855. The molecule has 1 heterocycles. The van der Waals surface area contributed by atoms with Crippen LogP contribution in [0.15, 0.2) is 18.2 Å². The van der Waals surface area contributed by atoms with Crippen molar-refractivity contribution >= 4 is 33.9 Å². The Hall–Kier alpha value is -1.59. The van der Waals surface area contributed by atoms with Crippen molar-refractivity contribution in [1.29, 1.82) is 0 Å². The Bertz CT molecular complexity index is 621. The van der Waals surface area contributed by atoms with Gasteiger partial charge in [0.2, 0.25) is 0 Å². The Kier molecular flexibility index (Phi) is 4.62. The number of ether oxygens (including phenoxy) is 1. The first-order chi connectivity index (χ1) is 9.51. The van der Waals surface area contributed by atoms with Crippen LogP contribution in [0.1, 0.15) is 20.9 Å². The summed E-state index contributed by atoms with van der Waals surface area (Å²) in [4.78, 5) is 17.6. The molecule has 0 unspecified atom stereocenters. The molecule has 6 heteroatoms. The van der Waals surface area contributed by atoms with Crippen molar-refractivity contribution in [1.82, 2.24) is 4.98 Å². The minimum atomic E-state index is -0.0416. The highest BCUT2D eigenvalue weighted by molar-refractivity contribution is 7.15. The summed E-state index contributed by atoms with van der Waals surface area (Å²) in [5.74, 6) is 0.516. The minimum absolute atomic E-state index is 0.0416. The average molecular weight is 311 g/mol. The molecule has 4 nitrogen and oxygen atoms in total. The number of rotatable bonds is 5. The largest absolute Gasteiger partial charge is 0.495 e. The number of aryl methyl sites for hydroxylation is 2. The lowest BCUT2D eigenvalue weighted by Crippen LogP contribution is -2.13. The Labute approximate surface area is 126 Å². The normalized spacial score (nSPS) is 10.4. The number of aromatic nitrogens is 1. The van der Waals surface area contributed by atoms with Crippen LogP contribution < -0.4 is 10.1 Å². The summed E-state index contributed by atoms with van der Waals surface area (Å²) in [6.07, 6.45) is 0. The molecular formula is C14H15ClN2O2S. The van der Waals surface area contributed by atoms with Crippen molar-refractivity contribution in [2.45, 2.75) is 13.8 Å². The molecular weight excluding hydrogens is 296 g/mol. The van der Waals surface area contributed by atoms with Gasteiger partial charge in [-0.15, -0.1) is 11.3 Å². The van der Waals surface area contributed by atoms with Crippen LogP contribution in [0.3, 0.4) is 0 Å². The van der Waals surface area contributed by atoms with E-state index in [1.807, 2.05) is 13.8 Å². The molecule has 1 N–H and O–H groups in total. The van der Waals surface area contributed by atoms with Gasteiger partial charge in [0, 0.05) is 10.4 Å². The lowest BCUT2D eigenvalue weighted by Gasteiger charge is -2.06. The predicted octanol–water partition coefficient (Wildman–Crippen LogP) is 3.72. The van der Waals surface area contributed by atoms with Gasteiger partial charge in [-0.25, -0.2) is 4.98 Å². The van der Waals surface area contributed by atoms with Gasteiger partial charge in [0.15, 0.2) is 10.9 Å². The number of hydrogen-bond acceptors (Lipinski definition) is 5. The maximum Gasteiger partial charge on any atom is 0.183 e. The molecule has 1 aromatic carbocycles. The number of hydrogen-bond donors (Lipinski definition) is 1. The van der Waals surface area contributed by atoms with Gasteiger partial charge in [0.1, 0.15) is 5.75 Å². The summed E-state index contributed by atoms with van der Waals surface area (Å²) in [5.41, 5.74) is 1.53. The van der Waals surface area contributed by atoms with E-state index < -0.39 is 0 Å². The molecule has 1 aromatic heterocycles. The number of nitrogens with one attached hydrogen (secondary N) is 1. The van der Waals surface area contributed by atoms with Crippen molar-refractivity contribution in [2.24, 2.45) is 0 Å². The zero-order chi connectivity index (χ0) is 14.7. The molecule has 0 saturated heterocycles. The van der Waals surface area contributed by atoms with Crippen molar-refractivity contribution in [3.05, 3.63) is 39.4 Å². The third-order valence-corrected chi connectivity index (χ3v) is 4.23. The van der Waals surface area contributed by atoms with E-state index in [0.29, 0.717) is 16.3 Å². The zero-order valence-electron chi connectivity index (χ0n) is 11.5. The van der Waals surface area contributed by atoms with E-state index in [1.165, 1.54) is 7.11 Å². The van der Waals surface area contributed by atoms with E-state index in [1.54, 1.807) is 29.5 Å². The number of halogens is 1. The van der Waals surface area contributed by atoms with Gasteiger partial charge in [-0.2, -0.15) is 0 Å². The molecule has 106 valence electrons. The summed E-state index contributed by atoms with van der Waals surface area (Å²) in [7, 11) is 1.54. The summed E-state index contributed by atoms with van der Waals surface area (Å²) in [6.45, 7) is 4.14. The molecule has 2 rings (SSSR count). The maximum atomic E-state index is 12.1. The van der Waals surface area contributed by atoms with Crippen molar-refractivity contribution in [3.63, 3.8) is 0 Å². The molecule has 0 bridgehead atoms. The predicted molar refractivity (Wildman–Crippen MR) is 82.4 cm³/mol. The third-order valence-electron chi connectivity index (χ3n) is 2.90. The number of benzene rings is 1. The van der Waals surface area contributed by atoms with Gasteiger partial charge in [-0.1, -0.05) is 11.6 Å². The number of Topliss-reactive ketones (excluding diaryl/α,β-unsaturated/α-hetero) is 1. The topological polar surface area (TPSA) is 51.2 Å². The van der Waals surface area contributed by atoms with E-state index >= 15 is 0 Å². The molecule has 0 aliphatic rings.